The van der Waals surface area contributed by atoms with Gasteiger partial charge in [0.05, 0.1) is 6.54 Å². The van der Waals surface area contributed by atoms with Crippen molar-refractivity contribution < 1.29 is 0 Å². The fourth-order valence-corrected chi connectivity index (χ4v) is 3.61. The lowest BCUT2D eigenvalue weighted by molar-refractivity contribution is 0.771. The van der Waals surface area contributed by atoms with Gasteiger partial charge in [-0.3, -0.25) is 9.35 Å². The molecular weight excluding hydrogens is 348 g/mol. The van der Waals surface area contributed by atoms with Crippen molar-refractivity contribution in [2.24, 2.45) is 0 Å². The van der Waals surface area contributed by atoms with Crippen LogP contribution in [0.4, 0.5) is 5.82 Å². The number of H-pyrrole nitrogens is 1. The van der Waals surface area contributed by atoms with E-state index in [-0.39, 0.29) is 11.5 Å². The molecule has 9 heteroatoms. The zero-order valence-corrected chi connectivity index (χ0v) is 14.6. The van der Waals surface area contributed by atoms with Crippen molar-refractivity contribution in [2.45, 2.75) is 25.0 Å². The largest absolute Gasteiger partial charge is 0.382 e. The minimum absolute atomic E-state index is 0.192. The number of benzene rings is 1. The first-order valence-electron chi connectivity index (χ1n) is 7.42. The number of nitrogens with two attached hydrogens (primary N) is 1. The molecule has 126 valence electrons. The van der Waals surface area contributed by atoms with E-state index in [0.29, 0.717) is 33.6 Å². The van der Waals surface area contributed by atoms with Crippen LogP contribution in [0, 0.1) is 4.78 Å². The Morgan fingerprint density at radius 3 is 2.92 bits per heavy atom. The Bertz CT molecular complexity index is 980. The summed E-state index contributed by atoms with van der Waals surface area (Å²) < 4.78 is 9.64. The summed E-state index contributed by atoms with van der Waals surface area (Å²) in [5, 5.41) is 0.964. The fraction of sp³-hybridized carbons (Fsp3) is 0.267. The second kappa shape index (κ2) is 6.74. The molecule has 3 aromatic rings. The van der Waals surface area contributed by atoms with Crippen molar-refractivity contribution >= 4 is 39.3 Å². The standard InChI is InChI=1S/C15H17ClN6OS/c1-2-6-24(18)14-20-12(17)11-13(21-14)22(15(23)19-11)8-9-4-3-5-10(16)7-9/h3-5,7,18H,2,6,8H2,1H3,(H,19,23)(H2,17,20,21). The summed E-state index contributed by atoms with van der Waals surface area (Å²) in [5.74, 6) is 0.853. The predicted octanol–water partition coefficient (Wildman–Crippen LogP) is 2.55. The van der Waals surface area contributed by atoms with Gasteiger partial charge in [0.25, 0.3) is 0 Å². The summed E-state index contributed by atoms with van der Waals surface area (Å²) in [7, 11) is -0.851. The molecule has 0 radical (unpaired) electrons. The van der Waals surface area contributed by atoms with Gasteiger partial charge in [0.1, 0.15) is 5.52 Å². The number of anilines is 1. The van der Waals surface area contributed by atoms with Crippen molar-refractivity contribution in [2.75, 3.05) is 11.5 Å². The summed E-state index contributed by atoms with van der Waals surface area (Å²) in [4.78, 5) is 23.6. The Morgan fingerprint density at radius 1 is 1.42 bits per heavy atom. The molecule has 0 spiro atoms. The monoisotopic (exact) mass is 364 g/mol. The van der Waals surface area contributed by atoms with Crippen LogP contribution in [0.15, 0.2) is 34.2 Å². The number of fused-ring (bicyclic) bond motifs is 1. The Labute approximate surface area is 145 Å². The average molecular weight is 365 g/mol. The molecule has 4 N–H and O–H groups in total. The van der Waals surface area contributed by atoms with Gasteiger partial charge in [0.2, 0.25) is 5.16 Å². The number of nitrogens with one attached hydrogen (secondary N) is 2. The molecule has 0 aliphatic carbocycles. The summed E-state index contributed by atoms with van der Waals surface area (Å²) in [6.45, 7) is 2.32. The molecule has 0 amide bonds. The lowest BCUT2D eigenvalue weighted by Gasteiger charge is -2.07. The summed E-state index contributed by atoms with van der Waals surface area (Å²) in [6.07, 6.45) is 0.858. The topological polar surface area (TPSA) is 113 Å². The maximum absolute atomic E-state index is 12.3. The molecule has 3 rings (SSSR count). The zero-order chi connectivity index (χ0) is 17.3. The number of halogens is 1. The van der Waals surface area contributed by atoms with Crippen LogP contribution in [0.1, 0.15) is 18.9 Å². The molecule has 7 nitrogen and oxygen atoms in total. The smallest absolute Gasteiger partial charge is 0.328 e. The van der Waals surface area contributed by atoms with Crippen LogP contribution in [-0.2, 0) is 17.2 Å². The van der Waals surface area contributed by atoms with Gasteiger partial charge in [-0.2, -0.15) is 0 Å². The van der Waals surface area contributed by atoms with Gasteiger partial charge in [-0.25, -0.2) is 14.8 Å². The van der Waals surface area contributed by atoms with Crippen LogP contribution in [-0.4, -0.2) is 25.3 Å². The number of imidazole rings is 1. The van der Waals surface area contributed by atoms with Crippen LogP contribution in [0.5, 0.6) is 0 Å². The fourth-order valence-electron chi connectivity index (χ4n) is 2.40. The van der Waals surface area contributed by atoms with Crippen molar-refractivity contribution in [1.82, 2.24) is 19.5 Å². The van der Waals surface area contributed by atoms with Crippen LogP contribution in [0.2, 0.25) is 5.02 Å². The molecule has 1 atom stereocenters. The zero-order valence-electron chi connectivity index (χ0n) is 13.0. The minimum atomic E-state index is -0.851. The predicted molar refractivity (Wildman–Crippen MR) is 96.6 cm³/mol. The Balaban J connectivity index is 2.12. The molecule has 2 aromatic heterocycles. The second-order valence-corrected chi connectivity index (χ2v) is 7.32. The molecule has 0 fully saturated rings. The van der Waals surface area contributed by atoms with Gasteiger partial charge in [-0.15, -0.1) is 0 Å². The second-order valence-electron chi connectivity index (χ2n) is 5.33. The molecule has 1 aromatic carbocycles. The maximum atomic E-state index is 12.3. The molecule has 0 bridgehead atoms. The van der Waals surface area contributed by atoms with Crippen LogP contribution < -0.4 is 11.4 Å². The lowest BCUT2D eigenvalue weighted by atomic mass is 10.2. The highest BCUT2D eigenvalue weighted by atomic mass is 35.5. The van der Waals surface area contributed by atoms with Crippen molar-refractivity contribution in [3.63, 3.8) is 0 Å². The molecule has 0 saturated carbocycles. The highest BCUT2D eigenvalue weighted by Crippen LogP contribution is 2.18. The number of nitrogens with zero attached hydrogens (tertiary/aromatic N) is 3. The van der Waals surface area contributed by atoms with E-state index in [9.17, 15) is 4.79 Å². The Kier molecular flexibility index (Phi) is 4.68. The first-order chi connectivity index (χ1) is 11.5. The van der Waals surface area contributed by atoms with E-state index in [4.69, 9.17) is 22.1 Å². The van der Waals surface area contributed by atoms with E-state index in [1.165, 1.54) is 4.57 Å². The normalized spacial score (nSPS) is 12.6. The summed E-state index contributed by atoms with van der Waals surface area (Å²) >= 11 is 6.01. The molecule has 0 saturated heterocycles. The van der Waals surface area contributed by atoms with Gasteiger partial charge < -0.3 is 10.7 Å². The van der Waals surface area contributed by atoms with E-state index < -0.39 is 10.7 Å². The first-order valence-corrected chi connectivity index (χ1v) is 9.19. The molecule has 2 heterocycles. The minimum Gasteiger partial charge on any atom is -0.382 e. The Morgan fingerprint density at radius 2 is 2.21 bits per heavy atom. The van der Waals surface area contributed by atoms with E-state index in [0.717, 1.165) is 12.0 Å². The summed E-state index contributed by atoms with van der Waals surface area (Å²) in [5.41, 5.74) is 7.34. The third-order valence-electron chi connectivity index (χ3n) is 3.49. The van der Waals surface area contributed by atoms with Crippen LogP contribution >= 0.6 is 11.6 Å². The molecule has 24 heavy (non-hydrogen) atoms. The van der Waals surface area contributed by atoms with Crippen LogP contribution in [0.3, 0.4) is 0 Å². The molecule has 1 unspecified atom stereocenters. The van der Waals surface area contributed by atoms with Crippen molar-refractivity contribution in [3.8, 4) is 0 Å². The quantitative estimate of drug-likeness (QED) is 0.603. The summed E-state index contributed by atoms with van der Waals surface area (Å²) in [6, 6.07) is 7.28. The highest BCUT2D eigenvalue weighted by Gasteiger charge is 2.15. The third kappa shape index (κ3) is 3.20. The lowest BCUT2D eigenvalue weighted by Crippen LogP contribution is -2.18. The SMILES string of the molecule is CCCS(=N)c1nc(N)c2[nH]c(=O)n(Cc3cccc(Cl)c3)c2n1. The molecular formula is C15H17ClN6OS. The number of nitrogen functional groups attached to an aromatic ring is 1. The van der Waals surface area contributed by atoms with Gasteiger partial charge >= 0.3 is 5.69 Å². The Hall–Kier alpha value is -2.19. The average Bonchev–Trinajstić information content (AvgIpc) is 2.85. The first kappa shape index (κ1) is 16.7. The van der Waals surface area contributed by atoms with Crippen molar-refractivity contribution in [1.29, 1.82) is 4.78 Å². The number of hydrogen-bond acceptors (Lipinski definition) is 5. The number of aromatic nitrogens is 4. The van der Waals surface area contributed by atoms with Gasteiger partial charge in [0.15, 0.2) is 11.5 Å². The number of aromatic amines is 1. The number of hydrogen-bond donors (Lipinski definition) is 3. The molecule has 0 aliphatic rings. The highest BCUT2D eigenvalue weighted by molar-refractivity contribution is 7.85. The van der Waals surface area contributed by atoms with Gasteiger partial charge in [-0.1, -0.05) is 30.7 Å². The van der Waals surface area contributed by atoms with E-state index in [1.807, 2.05) is 19.1 Å². The van der Waals surface area contributed by atoms with E-state index >= 15 is 0 Å². The van der Waals surface area contributed by atoms with E-state index in [2.05, 4.69) is 15.0 Å². The maximum Gasteiger partial charge on any atom is 0.328 e. The van der Waals surface area contributed by atoms with E-state index in [1.54, 1.807) is 12.1 Å². The molecule has 0 aliphatic heterocycles. The van der Waals surface area contributed by atoms with Crippen molar-refractivity contribution in [3.05, 3.63) is 45.3 Å². The van der Waals surface area contributed by atoms with Crippen LogP contribution in [0.25, 0.3) is 11.2 Å². The number of rotatable bonds is 5. The third-order valence-corrected chi connectivity index (χ3v) is 5.16. The van der Waals surface area contributed by atoms with Gasteiger partial charge in [-0.05, 0) is 34.8 Å². The van der Waals surface area contributed by atoms with Gasteiger partial charge in [0, 0.05) is 10.8 Å².